The molecule has 1 aliphatic carbocycles. The van der Waals surface area contributed by atoms with E-state index in [1.807, 2.05) is 12.4 Å². The molecule has 1 spiro atoms. The molecule has 1 saturated carbocycles. The lowest BCUT2D eigenvalue weighted by atomic mass is 10.1. The van der Waals surface area contributed by atoms with Crippen molar-refractivity contribution < 1.29 is 17.9 Å². The molecule has 0 N–H and O–H groups in total. The van der Waals surface area contributed by atoms with Crippen LogP contribution in [0.4, 0.5) is 18.9 Å². The first-order valence-corrected chi connectivity index (χ1v) is 8.60. The molecule has 0 bridgehead atoms. The van der Waals surface area contributed by atoms with Gasteiger partial charge in [-0.25, -0.2) is 0 Å². The predicted octanol–water partition coefficient (Wildman–Crippen LogP) is 4.10. The Morgan fingerprint density at radius 3 is 2.50 bits per heavy atom. The SMILES string of the molecule is Cc1cnccc1CN1CN(c2ccc(OC(F)(F)F)cc2)CC12CC2. The highest BCUT2D eigenvalue weighted by atomic mass is 19.4. The van der Waals surface area contributed by atoms with E-state index in [9.17, 15) is 13.2 Å². The first-order chi connectivity index (χ1) is 12.3. The number of benzene rings is 1. The van der Waals surface area contributed by atoms with Gasteiger partial charge < -0.3 is 9.64 Å². The van der Waals surface area contributed by atoms with E-state index >= 15 is 0 Å². The van der Waals surface area contributed by atoms with Gasteiger partial charge >= 0.3 is 6.36 Å². The van der Waals surface area contributed by atoms with Gasteiger partial charge in [0.15, 0.2) is 0 Å². The molecule has 1 aromatic heterocycles. The largest absolute Gasteiger partial charge is 0.573 e. The molecule has 4 nitrogen and oxygen atoms in total. The van der Waals surface area contributed by atoms with E-state index in [1.165, 1.54) is 23.3 Å². The summed E-state index contributed by atoms with van der Waals surface area (Å²) in [6.45, 7) is 4.59. The minimum Gasteiger partial charge on any atom is -0.406 e. The molecule has 1 saturated heterocycles. The zero-order valence-corrected chi connectivity index (χ0v) is 14.5. The Balaban J connectivity index is 1.47. The second-order valence-corrected chi connectivity index (χ2v) is 7.11. The average molecular weight is 363 g/mol. The second kappa shape index (κ2) is 6.16. The fraction of sp³-hybridized carbons (Fsp3) is 0.421. The van der Waals surface area contributed by atoms with E-state index in [1.54, 1.807) is 12.1 Å². The van der Waals surface area contributed by atoms with Gasteiger partial charge in [-0.1, -0.05) is 0 Å². The Labute approximate surface area is 150 Å². The Bertz CT molecular complexity index is 787. The van der Waals surface area contributed by atoms with Gasteiger partial charge in [-0.15, -0.1) is 13.2 Å². The van der Waals surface area contributed by atoms with Crippen molar-refractivity contribution in [2.45, 2.75) is 38.2 Å². The van der Waals surface area contributed by atoms with E-state index in [-0.39, 0.29) is 11.3 Å². The fourth-order valence-electron chi connectivity index (χ4n) is 3.61. The van der Waals surface area contributed by atoms with Crippen molar-refractivity contribution >= 4 is 5.69 Å². The topological polar surface area (TPSA) is 28.6 Å². The first-order valence-electron chi connectivity index (χ1n) is 8.60. The maximum absolute atomic E-state index is 12.3. The quantitative estimate of drug-likeness (QED) is 0.818. The van der Waals surface area contributed by atoms with Gasteiger partial charge in [0.2, 0.25) is 0 Å². The number of anilines is 1. The zero-order valence-electron chi connectivity index (χ0n) is 14.5. The molecule has 0 amide bonds. The van der Waals surface area contributed by atoms with Crippen LogP contribution in [-0.4, -0.2) is 35.0 Å². The number of aryl methyl sites for hydroxylation is 1. The zero-order chi connectivity index (χ0) is 18.4. The lowest BCUT2D eigenvalue weighted by molar-refractivity contribution is -0.274. The van der Waals surface area contributed by atoms with Crippen LogP contribution in [0.25, 0.3) is 0 Å². The minimum atomic E-state index is -4.66. The van der Waals surface area contributed by atoms with Crippen LogP contribution in [0.5, 0.6) is 5.75 Å². The van der Waals surface area contributed by atoms with Crippen LogP contribution in [0.1, 0.15) is 24.0 Å². The number of hydrogen-bond acceptors (Lipinski definition) is 4. The highest BCUT2D eigenvalue weighted by Gasteiger charge is 2.53. The highest BCUT2D eigenvalue weighted by Crippen LogP contribution is 2.48. The van der Waals surface area contributed by atoms with E-state index in [4.69, 9.17) is 0 Å². The predicted molar refractivity (Wildman–Crippen MR) is 91.8 cm³/mol. The lowest BCUT2D eigenvalue weighted by Crippen LogP contribution is -2.32. The average Bonchev–Trinajstić information content (AvgIpc) is 3.26. The van der Waals surface area contributed by atoms with Crippen LogP contribution in [0.15, 0.2) is 42.7 Å². The summed E-state index contributed by atoms with van der Waals surface area (Å²) in [4.78, 5) is 8.84. The Morgan fingerprint density at radius 2 is 1.88 bits per heavy atom. The summed E-state index contributed by atoms with van der Waals surface area (Å²) in [6.07, 6.45) is 1.34. The van der Waals surface area contributed by atoms with Gasteiger partial charge in [0.25, 0.3) is 0 Å². The number of pyridine rings is 1. The van der Waals surface area contributed by atoms with Gasteiger partial charge in [-0.05, 0) is 61.2 Å². The number of ether oxygens (including phenoxy) is 1. The van der Waals surface area contributed by atoms with Crippen molar-refractivity contribution in [3.8, 4) is 5.75 Å². The molecule has 1 aromatic carbocycles. The van der Waals surface area contributed by atoms with Gasteiger partial charge in [0, 0.05) is 36.7 Å². The molecule has 26 heavy (non-hydrogen) atoms. The third-order valence-corrected chi connectivity index (χ3v) is 5.26. The van der Waals surface area contributed by atoms with Crippen molar-refractivity contribution in [3.63, 3.8) is 0 Å². The molecule has 0 radical (unpaired) electrons. The van der Waals surface area contributed by atoms with E-state index in [0.717, 1.165) is 38.3 Å². The number of aromatic nitrogens is 1. The van der Waals surface area contributed by atoms with Crippen molar-refractivity contribution in [2.75, 3.05) is 18.1 Å². The molecule has 4 rings (SSSR count). The van der Waals surface area contributed by atoms with Crippen molar-refractivity contribution in [1.29, 1.82) is 0 Å². The van der Waals surface area contributed by atoms with Crippen LogP contribution in [0.2, 0.25) is 0 Å². The molecular weight excluding hydrogens is 343 g/mol. The number of halogens is 3. The summed E-state index contributed by atoms with van der Waals surface area (Å²) < 4.78 is 40.9. The van der Waals surface area contributed by atoms with Crippen LogP contribution in [0.3, 0.4) is 0 Å². The lowest BCUT2D eigenvalue weighted by Gasteiger charge is -2.23. The number of alkyl halides is 3. The van der Waals surface area contributed by atoms with Crippen LogP contribution >= 0.6 is 0 Å². The molecule has 0 unspecified atom stereocenters. The highest BCUT2D eigenvalue weighted by molar-refractivity contribution is 5.51. The third kappa shape index (κ3) is 3.49. The molecule has 2 heterocycles. The summed E-state index contributed by atoms with van der Waals surface area (Å²) in [5, 5.41) is 0. The van der Waals surface area contributed by atoms with Crippen molar-refractivity contribution in [3.05, 3.63) is 53.9 Å². The smallest absolute Gasteiger partial charge is 0.406 e. The van der Waals surface area contributed by atoms with Crippen LogP contribution in [-0.2, 0) is 6.54 Å². The Kier molecular flexibility index (Phi) is 4.06. The fourth-order valence-corrected chi connectivity index (χ4v) is 3.61. The third-order valence-electron chi connectivity index (χ3n) is 5.26. The summed E-state index contributed by atoms with van der Waals surface area (Å²) in [5.74, 6) is -0.189. The summed E-state index contributed by atoms with van der Waals surface area (Å²) >= 11 is 0. The minimum absolute atomic E-state index is 0.189. The van der Waals surface area contributed by atoms with Gasteiger partial charge in [-0.2, -0.15) is 0 Å². The van der Waals surface area contributed by atoms with E-state index in [2.05, 4.69) is 32.5 Å². The molecule has 1 aliphatic heterocycles. The van der Waals surface area contributed by atoms with Gasteiger partial charge in [0.1, 0.15) is 5.75 Å². The molecule has 2 aliphatic rings. The standard InChI is InChI=1S/C19H20F3N3O/c1-14-10-23-9-6-15(14)11-25-13-24(12-18(25)7-8-18)16-2-4-17(5-3-16)26-19(20,21)22/h2-6,9-10H,7-8,11-13H2,1H3. The normalized spacial score (nSPS) is 19.2. The van der Waals surface area contributed by atoms with E-state index < -0.39 is 6.36 Å². The van der Waals surface area contributed by atoms with Gasteiger partial charge in [-0.3, -0.25) is 9.88 Å². The monoisotopic (exact) mass is 363 g/mol. The molecule has 7 heteroatoms. The Morgan fingerprint density at radius 1 is 1.15 bits per heavy atom. The molecule has 0 atom stereocenters. The first kappa shape index (κ1) is 17.1. The number of hydrogen-bond donors (Lipinski definition) is 0. The summed E-state index contributed by atoms with van der Waals surface area (Å²) in [5.41, 5.74) is 3.55. The van der Waals surface area contributed by atoms with E-state index in [0.29, 0.717) is 0 Å². The van der Waals surface area contributed by atoms with Crippen LogP contribution in [0, 0.1) is 6.92 Å². The van der Waals surface area contributed by atoms with Crippen molar-refractivity contribution in [2.24, 2.45) is 0 Å². The Hall–Kier alpha value is -2.28. The molecule has 2 fully saturated rings. The van der Waals surface area contributed by atoms with Crippen LogP contribution < -0.4 is 9.64 Å². The number of rotatable bonds is 4. The molecule has 138 valence electrons. The summed E-state index contributed by atoms with van der Waals surface area (Å²) in [7, 11) is 0. The maximum Gasteiger partial charge on any atom is 0.573 e. The van der Waals surface area contributed by atoms with Crippen molar-refractivity contribution in [1.82, 2.24) is 9.88 Å². The second-order valence-electron chi connectivity index (χ2n) is 7.11. The molecule has 2 aromatic rings. The molecular formula is C19H20F3N3O. The maximum atomic E-state index is 12.3. The number of nitrogens with zero attached hydrogens (tertiary/aromatic N) is 3. The summed E-state index contributed by atoms with van der Waals surface area (Å²) in [6, 6.07) is 8.18. The van der Waals surface area contributed by atoms with Gasteiger partial charge in [0.05, 0.1) is 6.67 Å².